The topological polar surface area (TPSA) is 45.3 Å². The summed E-state index contributed by atoms with van der Waals surface area (Å²) >= 11 is 17.7. The molecule has 0 bridgehead atoms. The number of rotatable bonds is 5. The molecule has 0 aliphatic carbocycles. The van der Waals surface area contributed by atoms with Crippen molar-refractivity contribution in [3.63, 3.8) is 0 Å². The second-order valence-electron chi connectivity index (χ2n) is 5.00. The van der Waals surface area contributed by atoms with Gasteiger partial charge in [-0.1, -0.05) is 41.4 Å². The fraction of sp³-hybridized carbons (Fsp3) is 0.188. The van der Waals surface area contributed by atoms with Crippen LogP contribution in [0.1, 0.15) is 13.8 Å². The van der Waals surface area contributed by atoms with Crippen LogP contribution in [-0.2, 0) is 0 Å². The maximum atomic E-state index is 6.24. The minimum Gasteiger partial charge on any atom is -0.489 e. The molecule has 0 aromatic heterocycles. The number of ether oxygens (including phenoxy) is 1. The van der Waals surface area contributed by atoms with Crippen molar-refractivity contribution < 1.29 is 4.74 Å². The van der Waals surface area contributed by atoms with Crippen molar-refractivity contribution >= 4 is 51.9 Å². The van der Waals surface area contributed by atoms with E-state index in [1.165, 1.54) is 0 Å². The van der Waals surface area contributed by atoms with Crippen LogP contribution in [0.2, 0.25) is 10.0 Å². The fourth-order valence-corrected chi connectivity index (χ4v) is 2.34. The maximum Gasteiger partial charge on any atom is 0.189 e. The molecule has 0 saturated carbocycles. The Morgan fingerprint density at radius 2 is 1.78 bits per heavy atom. The molecule has 2 aromatic carbocycles. The zero-order valence-corrected chi connectivity index (χ0v) is 15.0. The molecule has 0 spiro atoms. The van der Waals surface area contributed by atoms with E-state index >= 15 is 0 Å². The summed E-state index contributed by atoms with van der Waals surface area (Å²) in [5.74, 6) is 0.540. The van der Waals surface area contributed by atoms with Gasteiger partial charge in [-0.25, -0.2) is 0 Å². The van der Waals surface area contributed by atoms with Gasteiger partial charge in [-0.3, -0.25) is 10.9 Å². The lowest BCUT2D eigenvalue weighted by atomic mass is 10.3. The molecule has 2 rings (SSSR count). The summed E-state index contributed by atoms with van der Waals surface area (Å²) in [6.07, 6.45) is 0.0141. The molecule has 0 aliphatic heterocycles. The molecule has 0 fully saturated rings. The Morgan fingerprint density at radius 3 is 2.43 bits per heavy atom. The van der Waals surface area contributed by atoms with Crippen molar-refractivity contribution in [3.05, 3.63) is 52.5 Å². The third-order valence-corrected chi connectivity index (χ3v) is 3.54. The van der Waals surface area contributed by atoms with E-state index in [4.69, 9.17) is 40.2 Å². The SMILES string of the molecule is CC(C)Oc1cc(Cl)c(NC(=S)NNc2ccccc2)cc1Cl. The van der Waals surface area contributed by atoms with Crippen molar-refractivity contribution in [2.24, 2.45) is 0 Å². The Morgan fingerprint density at radius 1 is 1.09 bits per heavy atom. The van der Waals surface area contributed by atoms with Crippen molar-refractivity contribution in [2.45, 2.75) is 20.0 Å². The highest BCUT2D eigenvalue weighted by atomic mass is 35.5. The summed E-state index contributed by atoms with van der Waals surface area (Å²) in [6, 6.07) is 13.0. The Balaban J connectivity index is 1.99. The van der Waals surface area contributed by atoms with Crippen LogP contribution in [0, 0.1) is 0 Å². The van der Waals surface area contributed by atoms with Gasteiger partial charge in [0.2, 0.25) is 0 Å². The third-order valence-electron chi connectivity index (χ3n) is 2.73. The molecular weight excluding hydrogens is 353 g/mol. The molecule has 0 heterocycles. The Hall–Kier alpha value is -1.69. The van der Waals surface area contributed by atoms with Crippen LogP contribution in [0.15, 0.2) is 42.5 Å². The van der Waals surface area contributed by atoms with E-state index < -0.39 is 0 Å². The quantitative estimate of drug-likeness (QED) is 0.505. The molecule has 0 saturated heterocycles. The highest BCUT2D eigenvalue weighted by Crippen LogP contribution is 2.34. The number of thiocarbonyl (C=S) groups is 1. The van der Waals surface area contributed by atoms with Crippen molar-refractivity contribution in [1.82, 2.24) is 5.43 Å². The van der Waals surface area contributed by atoms with Gasteiger partial charge < -0.3 is 10.1 Å². The zero-order valence-electron chi connectivity index (χ0n) is 12.7. The maximum absolute atomic E-state index is 6.24. The van der Waals surface area contributed by atoms with Gasteiger partial charge in [0.05, 0.1) is 27.5 Å². The number of halogens is 2. The number of anilines is 2. The van der Waals surface area contributed by atoms with E-state index in [0.29, 0.717) is 26.6 Å². The van der Waals surface area contributed by atoms with Crippen LogP contribution in [0.4, 0.5) is 11.4 Å². The lowest BCUT2D eigenvalue weighted by Crippen LogP contribution is -2.33. The van der Waals surface area contributed by atoms with Gasteiger partial charge in [-0.15, -0.1) is 0 Å². The molecule has 4 nitrogen and oxygen atoms in total. The first-order valence-corrected chi connectivity index (χ1v) is 8.16. The summed E-state index contributed by atoms with van der Waals surface area (Å²) < 4.78 is 5.59. The van der Waals surface area contributed by atoms with Gasteiger partial charge in [-0.2, -0.15) is 0 Å². The normalized spacial score (nSPS) is 10.3. The van der Waals surface area contributed by atoms with Gasteiger partial charge in [-0.05, 0) is 44.3 Å². The number of benzene rings is 2. The third kappa shape index (κ3) is 5.46. The minimum atomic E-state index is 0.0141. The van der Waals surface area contributed by atoms with Crippen LogP contribution < -0.4 is 20.9 Å². The predicted molar refractivity (Wildman–Crippen MR) is 102 cm³/mol. The fourth-order valence-electron chi connectivity index (χ4n) is 1.77. The number of hydrogen-bond donors (Lipinski definition) is 3. The second-order valence-corrected chi connectivity index (χ2v) is 6.22. The Labute approximate surface area is 151 Å². The molecule has 0 atom stereocenters. The molecule has 122 valence electrons. The first kappa shape index (κ1) is 17.7. The summed E-state index contributed by atoms with van der Waals surface area (Å²) in [7, 11) is 0. The molecule has 2 aromatic rings. The minimum absolute atomic E-state index is 0.0141. The molecule has 3 N–H and O–H groups in total. The van der Waals surface area contributed by atoms with Gasteiger partial charge in [0.1, 0.15) is 5.75 Å². The first-order chi connectivity index (χ1) is 11.0. The second kappa shape index (κ2) is 8.24. The van der Waals surface area contributed by atoms with E-state index in [1.807, 2.05) is 44.2 Å². The first-order valence-electron chi connectivity index (χ1n) is 6.99. The molecule has 0 amide bonds. The predicted octanol–water partition coefficient (Wildman–Crippen LogP) is 5.09. The molecule has 0 aliphatic rings. The smallest absolute Gasteiger partial charge is 0.189 e. The average molecular weight is 370 g/mol. The van der Waals surface area contributed by atoms with E-state index in [9.17, 15) is 0 Å². The van der Waals surface area contributed by atoms with Crippen LogP contribution in [0.25, 0.3) is 0 Å². The van der Waals surface area contributed by atoms with E-state index in [1.54, 1.807) is 12.1 Å². The lowest BCUT2D eigenvalue weighted by molar-refractivity contribution is 0.242. The highest BCUT2D eigenvalue weighted by molar-refractivity contribution is 7.80. The van der Waals surface area contributed by atoms with E-state index in [0.717, 1.165) is 5.69 Å². The molecular formula is C16H17Cl2N3OS. The Kier molecular flexibility index (Phi) is 6.33. The van der Waals surface area contributed by atoms with Crippen LogP contribution in [0.5, 0.6) is 5.75 Å². The summed E-state index contributed by atoms with van der Waals surface area (Å²) in [5.41, 5.74) is 7.35. The van der Waals surface area contributed by atoms with Gasteiger partial charge >= 0.3 is 0 Å². The zero-order chi connectivity index (χ0) is 16.8. The van der Waals surface area contributed by atoms with Crippen molar-refractivity contribution in [1.29, 1.82) is 0 Å². The molecule has 0 radical (unpaired) electrons. The van der Waals surface area contributed by atoms with Crippen LogP contribution in [0.3, 0.4) is 0 Å². The number of para-hydroxylation sites is 1. The highest BCUT2D eigenvalue weighted by Gasteiger charge is 2.11. The van der Waals surface area contributed by atoms with Crippen LogP contribution >= 0.6 is 35.4 Å². The number of hydrogen-bond acceptors (Lipinski definition) is 3. The molecule has 23 heavy (non-hydrogen) atoms. The standard InChI is InChI=1S/C16H17Cl2N3OS/c1-10(2)22-15-9-12(17)14(8-13(15)18)19-16(23)21-20-11-6-4-3-5-7-11/h3-10,20H,1-2H3,(H2,19,21,23). The lowest BCUT2D eigenvalue weighted by Gasteiger charge is -2.16. The summed E-state index contributed by atoms with van der Waals surface area (Å²) in [4.78, 5) is 0. The van der Waals surface area contributed by atoms with Gasteiger partial charge in [0.25, 0.3) is 0 Å². The number of hydrazine groups is 1. The van der Waals surface area contributed by atoms with Crippen LogP contribution in [-0.4, -0.2) is 11.2 Å². The molecule has 7 heteroatoms. The van der Waals surface area contributed by atoms with Gasteiger partial charge in [0, 0.05) is 6.07 Å². The van der Waals surface area contributed by atoms with Crippen molar-refractivity contribution in [2.75, 3.05) is 10.7 Å². The summed E-state index contributed by atoms with van der Waals surface area (Å²) in [5, 5.41) is 4.28. The number of nitrogens with one attached hydrogen (secondary N) is 3. The van der Waals surface area contributed by atoms with Crippen molar-refractivity contribution in [3.8, 4) is 5.75 Å². The average Bonchev–Trinajstić information content (AvgIpc) is 2.51. The monoisotopic (exact) mass is 369 g/mol. The largest absolute Gasteiger partial charge is 0.489 e. The summed E-state index contributed by atoms with van der Waals surface area (Å²) in [6.45, 7) is 3.84. The van der Waals surface area contributed by atoms with Gasteiger partial charge in [0.15, 0.2) is 5.11 Å². The molecule has 0 unspecified atom stereocenters. The van der Waals surface area contributed by atoms with E-state index in [-0.39, 0.29) is 6.10 Å². The Bertz CT molecular complexity index is 681. The van der Waals surface area contributed by atoms with E-state index in [2.05, 4.69) is 16.2 Å².